The Morgan fingerprint density at radius 2 is 1.95 bits per heavy atom. The number of benzene rings is 2. The van der Waals surface area contributed by atoms with E-state index in [0.717, 1.165) is 16.9 Å². The Morgan fingerprint density at radius 1 is 1.14 bits per heavy atom. The highest BCUT2D eigenvalue weighted by atomic mass is 79.9. The van der Waals surface area contributed by atoms with Crippen LogP contribution in [-0.4, -0.2) is 25.3 Å². The van der Waals surface area contributed by atoms with Gasteiger partial charge in [0.05, 0.1) is 10.2 Å². The molecule has 0 aliphatic heterocycles. The Kier molecular flexibility index (Phi) is 3.83. The fourth-order valence-corrected chi connectivity index (χ4v) is 2.30. The zero-order chi connectivity index (χ0) is 14.7. The standard InChI is InChI=1S/C14H12BrN5O/c15-13-7-10(1-6-14(13)21)8-16-11-2-4-12(5-3-11)20-9-17-18-19-20/h1-7,9,16,21H,8H2. The molecule has 0 bridgehead atoms. The van der Waals surface area contributed by atoms with Gasteiger partial charge in [-0.25, -0.2) is 4.68 Å². The minimum absolute atomic E-state index is 0.240. The minimum atomic E-state index is 0.240. The topological polar surface area (TPSA) is 75.9 Å². The van der Waals surface area contributed by atoms with Crippen LogP contribution in [0.5, 0.6) is 5.75 Å². The van der Waals surface area contributed by atoms with Crippen molar-refractivity contribution < 1.29 is 5.11 Å². The normalized spacial score (nSPS) is 10.5. The molecule has 0 spiro atoms. The molecule has 0 aliphatic carbocycles. The van der Waals surface area contributed by atoms with Crippen molar-refractivity contribution in [1.82, 2.24) is 20.2 Å². The summed E-state index contributed by atoms with van der Waals surface area (Å²) in [5.41, 5.74) is 2.97. The lowest BCUT2D eigenvalue weighted by molar-refractivity contribution is 0.471. The maximum Gasteiger partial charge on any atom is 0.143 e. The fourth-order valence-electron chi connectivity index (χ4n) is 1.88. The molecule has 21 heavy (non-hydrogen) atoms. The molecule has 2 aromatic carbocycles. The van der Waals surface area contributed by atoms with E-state index >= 15 is 0 Å². The molecule has 106 valence electrons. The molecule has 0 saturated heterocycles. The van der Waals surface area contributed by atoms with E-state index in [1.807, 2.05) is 36.4 Å². The van der Waals surface area contributed by atoms with Crippen LogP contribution < -0.4 is 5.32 Å². The van der Waals surface area contributed by atoms with E-state index in [4.69, 9.17) is 0 Å². The maximum atomic E-state index is 9.46. The van der Waals surface area contributed by atoms with E-state index in [1.54, 1.807) is 17.1 Å². The lowest BCUT2D eigenvalue weighted by Gasteiger charge is -2.08. The lowest BCUT2D eigenvalue weighted by atomic mass is 10.2. The molecule has 0 unspecified atom stereocenters. The van der Waals surface area contributed by atoms with Gasteiger partial charge in [0.1, 0.15) is 12.1 Å². The van der Waals surface area contributed by atoms with Gasteiger partial charge in [-0.2, -0.15) is 0 Å². The van der Waals surface area contributed by atoms with E-state index in [-0.39, 0.29) is 5.75 Å². The van der Waals surface area contributed by atoms with Gasteiger partial charge >= 0.3 is 0 Å². The summed E-state index contributed by atoms with van der Waals surface area (Å²) in [6, 6.07) is 13.2. The Bertz CT molecular complexity index is 728. The second-order valence-electron chi connectivity index (χ2n) is 4.44. The van der Waals surface area contributed by atoms with Gasteiger partial charge in [-0.05, 0) is 68.3 Å². The van der Waals surface area contributed by atoms with Crippen LogP contribution in [0.15, 0.2) is 53.3 Å². The van der Waals surface area contributed by atoms with Crippen molar-refractivity contribution in [3.05, 3.63) is 58.8 Å². The first-order valence-corrected chi connectivity index (χ1v) is 7.06. The number of rotatable bonds is 4. The monoisotopic (exact) mass is 345 g/mol. The zero-order valence-corrected chi connectivity index (χ0v) is 12.5. The highest BCUT2D eigenvalue weighted by Gasteiger charge is 2.01. The Morgan fingerprint density at radius 3 is 2.62 bits per heavy atom. The summed E-state index contributed by atoms with van der Waals surface area (Å²) < 4.78 is 2.29. The van der Waals surface area contributed by atoms with E-state index in [2.05, 4.69) is 36.8 Å². The van der Waals surface area contributed by atoms with Crippen LogP contribution >= 0.6 is 15.9 Å². The zero-order valence-electron chi connectivity index (χ0n) is 10.9. The Balaban J connectivity index is 1.66. The van der Waals surface area contributed by atoms with Gasteiger partial charge < -0.3 is 10.4 Å². The Hall–Kier alpha value is -2.41. The molecule has 6 nitrogen and oxygen atoms in total. The number of anilines is 1. The summed E-state index contributed by atoms with van der Waals surface area (Å²) >= 11 is 3.30. The second kappa shape index (κ2) is 5.92. The molecule has 0 saturated carbocycles. The summed E-state index contributed by atoms with van der Waals surface area (Å²) in [5.74, 6) is 0.240. The van der Waals surface area contributed by atoms with Crippen molar-refractivity contribution in [3.63, 3.8) is 0 Å². The van der Waals surface area contributed by atoms with Gasteiger partial charge in [0.15, 0.2) is 0 Å². The van der Waals surface area contributed by atoms with E-state index in [9.17, 15) is 5.11 Å². The number of nitrogens with zero attached hydrogens (tertiary/aromatic N) is 4. The Labute approximate surface area is 129 Å². The summed E-state index contributed by atoms with van der Waals surface area (Å²) in [6.45, 7) is 0.670. The number of halogens is 1. The number of hydrogen-bond acceptors (Lipinski definition) is 5. The SMILES string of the molecule is Oc1ccc(CNc2ccc(-n3cnnn3)cc2)cc1Br. The number of phenols is 1. The van der Waals surface area contributed by atoms with Crippen molar-refractivity contribution in [2.24, 2.45) is 0 Å². The van der Waals surface area contributed by atoms with Crippen molar-refractivity contribution >= 4 is 21.6 Å². The summed E-state index contributed by atoms with van der Waals surface area (Å²) in [4.78, 5) is 0. The first kappa shape index (κ1) is 13.6. The third-order valence-corrected chi connectivity index (χ3v) is 3.62. The van der Waals surface area contributed by atoms with E-state index in [0.29, 0.717) is 11.0 Å². The van der Waals surface area contributed by atoms with Crippen molar-refractivity contribution in [3.8, 4) is 11.4 Å². The molecule has 1 aromatic heterocycles. The third-order valence-electron chi connectivity index (χ3n) is 2.99. The van der Waals surface area contributed by atoms with Crippen LogP contribution in [0.3, 0.4) is 0 Å². The van der Waals surface area contributed by atoms with Crippen LogP contribution in [0.1, 0.15) is 5.56 Å². The number of hydrogen-bond donors (Lipinski definition) is 2. The maximum absolute atomic E-state index is 9.46. The molecule has 0 radical (unpaired) electrons. The molecule has 1 heterocycles. The number of aromatic nitrogens is 4. The van der Waals surface area contributed by atoms with Crippen molar-refractivity contribution in [2.75, 3.05) is 5.32 Å². The molecule has 2 N–H and O–H groups in total. The van der Waals surface area contributed by atoms with Crippen LogP contribution in [0.25, 0.3) is 5.69 Å². The molecule has 0 fully saturated rings. The number of nitrogens with one attached hydrogen (secondary N) is 1. The van der Waals surface area contributed by atoms with Gasteiger partial charge in [0, 0.05) is 12.2 Å². The van der Waals surface area contributed by atoms with Crippen molar-refractivity contribution in [2.45, 2.75) is 6.54 Å². The number of tetrazole rings is 1. The number of phenolic OH excluding ortho intramolecular Hbond substituents is 1. The highest BCUT2D eigenvalue weighted by molar-refractivity contribution is 9.10. The van der Waals surface area contributed by atoms with Crippen LogP contribution in [-0.2, 0) is 6.54 Å². The molecule has 7 heteroatoms. The molecular formula is C14H12BrN5O. The van der Waals surface area contributed by atoms with Gasteiger partial charge in [0.25, 0.3) is 0 Å². The summed E-state index contributed by atoms with van der Waals surface area (Å²) in [7, 11) is 0. The first-order valence-electron chi connectivity index (χ1n) is 6.27. The lowest BCUT2D eigenvalue weighted by Crippen LogP contribution is -2.00. The molecule has 3 aromatic rings. The van der Waals surface area contributed by atoms with E-state index in [1.165, 1.54) is 0 Å². The van der Waals surface area contributed by atoms with Crippen molar-refractivity contribution in [1.29, 1.82) is 0 Å². The molecule has 0 aliphatic rings. The summed E-state index contributed by atoms with van der Waals surface area (Å²) in [5, 5.41) is 23.8. The van der Waals surface area contributed by atoms with Gasteiger partial charge in [0.2, 0.25) is 0 Å². The predicted octanol–water partition coefficient (Wildman–Crippen LogP) is 2.74. The quantitative estimate of drug-likeness (QED) is 0.760. The average Bonchev–Trinajstić information content (AvgIpc) is 3.03. The predicted molar refractivity (Wildman–Crippen MR) is 82.3 cm³/mol. The molecule has 0 atom stereocenters. The third kappa shape index (κ3) is 3.19. The van der Waals surface area contributed by atoms with Crippen LogP contribution in [0.4, 0.5) is 5.69 Å². The smallest absolute Gasteiger partial charge is 0.143 e. The minimum Gasteiger partial charge on any atom is -0.507 e. The molecule has 3 rings (SSSR count). The second-order valence-corrected chi connectivity index (χ2v) is 5.29. The first-order chi connectivity index (χ1) is 10.2. The van der Waals surface area contributed by atoms with Gasteiger partial charge in [-0.15, -0.1) is 5.10 Å². The van der Waals surface area contributed by atoms with Gasteiger partial charge in [-0.1, -0.05) is 6.07 Å². The van der Waals surface area contributed by atoms with E-state index < -0.39 is 0 Å². The van der Waals surface area contributed by atoms with Crippen LogP contribution in [0, 0.1) is 0 Å². The number of aromatic hydroxyl groups is 1. The molecular weight excluding hydrogens is 334 g/mol. The average molecular weight is 346 g/mol. The fraction of sp³-hybridized carbons (Fsp3) is 0.0714. The van der Waals surface area contributed by atoms with Gasteiger partial charge in [-0.3, -0.25) is 0 Å². The highest BCUT2D eigenvalue weighted by Crippen LogP contribution is 2.24. The molecule has 0 amide bonds. The van der Waals surface area contributed by atoms with Crippen LogP contribution in [0.2, 0.25) is 0 Å². The largest absolute Gasteiger partial charge is 0.507 e. The summed E-state index contributed by atoms with van der Waals surface area (Å²) in [6.07, 6.45) is 1.55.